The molecule has 1 fully saturated rings. The minimum atomic E-state index is -3.79. The van der Waals surface area contributed by atoms with Crippen LogP contribution in [0.1, 0.15) is 50.0 Å². The number of nitrogens with one attached hydrogen (secondary N) is 1. The van der Waals surface area contributed by atoms with Crippen LogP contribution in [-0.4, -0.2) is 24.9 Å². The predicted octanol–water partition coefficient (Wildman–Crippen LogP) is 1.46. The Morgan fingerprint density at radius 1 is 1.48 bits per heavy atom. The number of amides is 1. The number of sulfonamides is 1. The van der Waals surface area contributed by atoms with Crippen molar-refractivity contribution in [3.63, 3.8) is 0 Å². The fourth-order valence-corrected chi connectivity index (χ4v) is 3.50. The van der Waals surface area contributed by atoms with Crippen molar-refractivity contribution in [2.75, 3.05) is 0 Å². The quantitative estimate of drug-likeness (QED) is 0.861. The lowest BCUT2D eigenvalue weighted by molar-refractivity contribution is 0.0918. The van der Waals surface area contributed by atoms with Gasteiger partial charge in [-0.3, -0.25) is 4.79 Å². The normalized spacial score (nSPS) is 17.9. The van der Waals surface area contributed by atoms with E-state index < -0.39 is 10.0 Å². The minimum Gasteiger partial charge on any atom is -0.348 e. The summed E-state index contributed by atoms with van der Waals surface area (Å²) in [5.41, 5.74) is 0.339. The van der Waals surface area contributed by atoms with Gasteiger partial charge in [0.15, 0.2) is 0 Å². The third-order valence-electron chi connectivity index (χ3n) is 4.24. The van der Waals surface area contributed by atoms with E-state index in [9.17, 15) is 13.2 Å². The zero-order valence-corrected chi connectivity index (χ0v) is 13.3. The van der Waals surface area contributed by atoms with Crippen LogP contribution in [0.25, 0.3) is 0 Å². The van der Waals surface area contributed by atoms with E-state index in [1.807, 2.05) is 13.8 Å². The summed E-state index contributed by atoms with van der Waals surface area (Å²) in [5.74, 6) is 0.267. The molecule has 1 aliphatic rings. The molecule has 0 spiro atoms. The van der Waals surface area contributed by atoms with E-state index in [2.05, 4.69) is 5.32 Å². The number of carbonyl (C=O) groups excluding carboxylic acids is 1. The molecule has 118 valence electrons. The third-order valence-corrected chi connectivity index (χ3v) is 5.12. The first-order valence-electron chi connectivity index (χ1n) is 7.36. The number of aromatic nitrogens is 1. The fourth-order valence-electron chi connectivity index (χ4n) is 2.95. The number of aryl methyl sites for hydroxylation is 1. The van der Waals surface area contributed by atoms with Gasteiger partial charge >= 0.3 is 0 Å². The van der Waals surface area contributed by atoms with Crippen molar-refractivity contribution in [2.45, 2.75) is 57.0 Å². The van der Waals surface area contributed by atoms with Gasteiger partial charge in [-0.25, -0.2) is 13.6 Å². The van der Waals surface area contributed by atoms with Gasteiger partial charge in [0.05, 0.1) is 0 Å². The molecule has 1 saturated carbocycles. The second-order valence-electron chi connectivity index (χ2n) is 5.70. The van der Waals surface area contributed by atoms with E-state index in [4.69, 9.17) is 5.14 Å². The van der Waals surface area contributed by atoms with Crippen molar-refractivity contribution in [1.82, 2.24) is 9.88 Å². The molecule has 3 N–H and O–H groups in total. The molecule has 1 atom stereocenters. The molecule has 1 aromatic rings. The lowest BCUT2D eigenvalue weighted by Gasteiger charge is -2.20. The second kappa shape index (κ2) is 6.19. The van der Waals surface area contributed by atoms with Crippen molar-refractivity contribution in [2.24, 2.45) is 11.1 Å². The average Bonchev–Trinajstić information content (AvgIpc) is 3.07. The monoisotopic (exact) mass is 313 g/mol. The highest BCUT2D eigenvalue weighted by atomic mass is 32.2. The first kappa shape index (κ1) is 16.0. The zero-order valence-electron chi connectivity index (χ0n) is 12.5. The molecule has 2 rings (SSSR count). The maximum atomic E-state index is 12.4. The molecule has 0 aliphatic heterocycles. The second-order valence-corrected chi connectivity index (χ2v) is 7.26. The van der Waals surface area contributed by atoms with Gasteiger partial charge in [0, 0.05) is 18.8 Å². The summed E-state index contributed by atoms with van der Waals surface area (Å²) in [6.07, 6.45) is 6.11. The Bertz CT molecular complexity index is 615. The van der Waals surface area contributed by atoms with Gasteiger partial charge in [-0.1, -0.05) is 12.8 Å². The van der Waals surface area contributed by atoms with Crippen LogP contribution >= 0.6 is 0 Å². The van der Waals surface area contributed by atoms with Gasteiger partial charge in [-0.15, -0.1) is 0 Å². The highest BCUT2D eigenvalue weighted by Gasteiger charge is 2.25. The molecular formula is C14H23N3O3S. The summed E-state index contributed by atoms with van der Waals surface area (Å²) in [5, 5.41) is 8.10. The van der Waals surface area contributed by atoms with Crippen LogP contribution in [0.2, 0.25) is 0 Å². The Morgan fingerprint density at radius 3 is 2.62 bits per heavy atom. The molecule has 0 bridgehead atoms. The first-order valence-corrected chi connectivity index (χ1v) is 8.91. The molecule has 1 aliphatic carbocycles. The van der Waals surface area contributed by atoms with Crippen molar-refractivity contribution in [3.8, 4) is 0 Å². The molecular weight excluding hydrogens is 290 g/mol. The van der Waals surface area contributed by atoms with E-state index >= 15 is 0 Å². The Kier molecular flexibility index (Phi) is 4.73. The van der Waals surface area contributed by atoms with Crippen LogP contribution in [0, 0.1) is 5.92 Å². The minimum absolute atomic E-state index is 0.0250. The van der Waals surface area contributed by atoms with Gasteiger partial charge < -0.3 is 9.88 Å². The van der Waals surface area contributed by atoms with E-state index in [0.717, 1.165) is 12.8 Å². The Hall–Kier alpha value is -1.34. The highest BCUT2D eigenvalue weighted by Crippen LogP contribution is 2.27. The lowest BCUT2D eigenvalue weighted by Crippen LogP contribution is -2.38. The summed E-state index contributed by atoms with van der Waals surface area (Å²) in [4.78, 5) is 12.3. The standard InChI is InChI=1S/C14H23N3O3S/c1-3-17-9-12(21(15,19)20)8-13(17)14(18)16-10(2)11-6-4-5-7-11/h8-11H,3-7H2,1-2H3,(H,16,18)(H2,15,19,20). The van der Waals surface area contributed by atoms with Gasteiger partial charge in [0.1, 0.15) is 10.6 Å². The number of nitrogens with two attached hydrogens (primary N) is 1. The molecule has 21 heavy (non-hydrogen) atoms. The summed E-state index contributed by atoms with van der Waals surface area (Å²) in [6.45, 7) is 4.37. The van der Waals surface area contributed by atoms with Crippen LogP contribution in [0.4, 0.5) is 0 Å². The lowest BCUT2D eigenvalue weighted by atomic mass is 10.00. The summed E-state index contributed by atoms with van der Waals surface area (Å²) >= 11 is 0. The van der Waals surface area contributed by atoms with Gasteiger partial charge in [0.2, 0.25) is 10.0 Å². The van der Waals surface area contributed by atoms with Gasteiger partial charge in [0.25, 0.3) is 5.91 Å². The van der Waals surface area contributed by atoms with Crippen molar-refractivity contribution < 1.29 is 13.2 Å². The number of rotatable bonds is 5. The molecule has 6 nitrogen and oxygen atoms in total. The number of carbonyl (C=O) groups is 1. The van der Waals surface area contributed by atoms with Crippen LogP contribution in [-0.2, 0) is 16.6 Å². The molecule has 1 aromatic heterocycles. The zero-order chi connectivity index (χ0) is 15.6. The van der Waals surface area contributed by atoms with E-state index in [1.54, 1.807) is 4.57 Å². The summed E-state index contributed by atoms with van der Waals surface area (Å²) in [6, 6.07) is 1.44. The Balaban J connectivity index is 2.16. The van der Waals surface area contributed by atoms with Gasteiger partial charge in [-0.05, 0) is 38.7 Å². The van der Waals surface area contributed by atoms with Crippen molar-refractivity contribution in [3.05, 3.63) is 18.0 Å². The Labute approximate surface area is 125 Å². The largest absolute Gasteiger partial charge is 0.348 e. The smallest absolute Gasteiger partial charge is 0.268 e. The molecule has 0 saturated heterocycles. The number of nitrogens with zero attached hydrogens (tertiary/aromatic N) is 1. The van der Waals surface area contributed by atoms with Crippen LogP contribution in [0.15, 0.2) is 17.2 Å². The van der Waals surface area contributed by atoms with Crippen LogP contribution in [0.3, 0.4) is 0 Å². The molecule has 1 amide bonds. The van der Waals surface area contributed by atoms with Crippen LogP contribution in [0.5, 0.6) is 0 Å². The molecule has 0 aromatic carbocycles. The summed E-state index contributed by atoms with van der Waals surface area (Å²) < 4.78 is 24.4. The van der Waals surface area contributed by atoms with Crippen LogP contribution < -0.4 is 10.5 Å². The highest BCUT2D eigenvalue weighted by molar-refractivity contribution is 7.89. The maximum absolute atomic E-state index is 12.4. The third kappa shape index (κ3) is 3.65. The van der Waals surface area contributed by atoms with Crippen molar-refractivity contribution in [1.29, 1.82) is 0 Å². The fraction of sp³-hybridized carbons (Fsp3) is 0.643. The SMILES string of the molecule is CCn1cc(S(N)(=O)=O)cc1C(=O)NC(C)C1CCCC1. The number of hydrogen-bond donors (Lipinski definition) is 2. The molecule has 1 unspecified atom stereocenters. The maximum Gasteiger partial charge on any atom is 0.268 e. The van der Waals surface area contributed by atoms with Crippen molar-refractivity contribution >= 4 is 15.9 Å². The number of primary sulfonamides is 1. The predicted molar refractivity (Wildman–Crippen MR) is 80.4 cm³/mol. The van der Waals surface area contributed by atoms with E-state index in [0.29, 0.717) is 18.2 Å². The number of hydrogen-bond acceptors (Lipinski definition) is 3. The van der Waals surface area contributed by atoms with E-state index in [1.165, 1.54) is 25.1 Å². The molecule has 7 heteroatoms. The van der Waals surface area contributed by atoms with E-state index in [-0.39, 0.29) is 16.8 Å². The summed E-state index contributed by atoms with van der Waals surface area (Å²) in [7, 11) is -3.79. The topological polar surface area (TPSA) is 94.2 Å². The molecule has 1 heterocycles. The average molecular weight is 313 g/mol. The molecule has 0 radical (unpaired) electrons. The van der Waals surface area contributed by atoms with Gasteiger partial charge in [-0.2, -0.15) is 0 Å². The Morgan fingerprint density at radius 2 is 2.10 bits per heavy atom. The first-order chi connectivity index (χ1) is 9.82.